The number of nitrogens with zero attached hydrogens (tertiary/aromatic N) is 3. The fourth-order valence-electron chi connectivity index (χ4n) is 2.55. The SMILES string of the molecule is Cl.Cl.NCCCn1nc2c(c1C(=O)O)CCc1[nH]ncc1-2. The minimum Gasteiger partial charge on any atom is -0.477 e. The van der Waals surface area contributed by atoms with E-state index >= 15 is 0 Å². The van der Waals surface area contributed by atoms with E-state index in [2.05, 4.69) is 15.3 Å². The maximum Gasteiger partial charge on any atom is 0.354 e. The molecular weight excluding hydrogens is 317 g/mol. The highest BCUT2D eigenvalue weighted by atomic mass is 35.5. The average molecular weight is 334 g/mol. The Hall–Kier alpha value is -1.57. The van der Waals surface area contributed by atoms with Gasteiger partial charge in [-0.3, -0.25) is 9.78 Å². The summed E-state index contributed by atoms with van der Waals surface area (Å²) >= 11 is 0. The number of H-pyrrole nitrogens is 1. The Bertz CT molecular complexity index is 638. The highest BCUT2D eigenvalue weighted by Gasteiger charge is 2.28. The first-order valence-corrected chi connectivity index (χ1v) is 6.28. The van der Waals surface area contributed by atoms with E-state index in [0.717, 1.165) is 28.9 Å². The molecule has 0 fully saturated rings. The number of fused-ring (bicyclic) bond motifs is 3. The zero-order chi connectivity index (χ0) is 13.4. The van der Waals surface area contributed by atoms with Crippen LogP contribution < -0.4 is 5.73 Å². The molecule has 4 N–H and O–H groups in total. The Labute approximate surface area is 133 Å². The maximum atomic E-state index is 11.5. The van der Waals surface area contributed by atoms with Crippen molar-refractivity contribution in [3.05, 3.63) is 23.1 Å². The molecule has 0 atom stereocenters. The van der Waals surface area contributed by atoms with Gasteiger partial charge in [-0.25, -0.2) is 4.79 Å². The molecule has 0 unspecified atom stereocenters. The van der Waals surface area contributed by atoms with E-state index in [9.17, 15) is 9.90 Å². The van der Waals surface area contributed by atoms with Gasteiger partial charge in [-0.05, 0) is 25.8 Å². The van der Waals surface area contributed by atoms with Crippen LogP contribution in [-0.2, 0) is 19.4 Å². The number of aromatic amines is 1. The number of aryl methyl sites for hydroxylation is 2. The second-order valence-corrected chi connectivity index (χ2v) is 4.61. The number of hydrogen-bond acceptors (Lipinski definition) is 4. The van der Waals surface area contributed by atoms with Crippen LogP contribution in [-0.4, -0.2) is 37.6 Å². The van der Waals surface area contributed by atoms with Gasteiger partial charge in [0.05, 0.1) is 11.9 Å². The van der Waals surface area contributed by atoms with Crippen molar-refractivity contribution in [2.45, 2.75) is 25.8 Å². The molecule has 0 saturated heterocycles. The number of aromatic carboxylic acids is 1. The minimum absolute atomic E-state index is 0. The first-order valence-electron chi connectivity index (χ1n) is 6.28. The second-order valence-electron chi connectivity index (χ2n) is 4.61. The monoisotopic (exact) mass is 333 g/mol. The third kappa shape index (κ3) is 2.90. The van der Waals surface area contributed by atoms with Gasteiger partial charge in [0.15, 0.2) is 0 Å². The van der Waals surface area contributed by atoms with Crippen molar-refractivity contribution in [2.24, 2.45) is 5.73 Å². The molecule has 1 aliphatic carbocycles. The van der Waals surface area contributed by atoms with Crippen molar-refractivity contribution in [3.8, 4) is 11.3 Å². The summed E-state index contributed by atoms with van der Waals surface area (Å²) in [6, 6.07) is 0. The molecule has 0 amide bonds. The number of halogens is 2. The van der Waals surface area contributed by atoms with Gasteiger partial charge in [0, 0.05) is 23.4 Å². The Morgan fingerprint density at radius 1 is 1.43 bits per heavy atom. The lowest BCUT2D eigenvalue weighted by Gasteiger charge is -2.10. The van der Waals surface area contributed by atoms with E-state index in [4.69, 9.17) is 5.73 Å². The van der Waals surface area contributed by atoms with Crippen LogP contribution in [0.25, 0.3) is 11.3 Å². The van der Waals surface area contributed by atoms with Gasteiger partial charge in [0.1, 0.15) is 5.69 Å². The van der Waals surface area contributed by atoms with Crippen LogP contribution in [0.15, 0.2) is 6.20 Å². The highest BCUT2D eigenvalue weighted by Crippen LogP contribution is 2.33. The average Bonchev–Trinajstić information content (AvgIpc) is 2.98. The summed E-state index contributed by atoms with van der Waals surface area (Å²) in [5.41, 5.74) is 9.25. The first-order chi connectivity index (χ1) is 9.22. The molecule has 0 aromatic carbocycles. The Morgan fingerprint density at radius 2 is 2.19 bits per heavy atom. The van der Waals surface area contributed by atoms with Crippen molar-refractivity contribution in [1.82, 2.24) is 20.0 Å². The summed E-state index contributed by atoms with van der Waals surface area (Å²) in [4.78, 5) is 11.5. The number of carboxylic acid groups (broad SMARTS) is 1. The van der Waals surface area contributed by atoms with Gasteiger partial charge in [-0.2, -0.15) is 10.2 Å². The lowest BCUT2D eigenvalue weighted by atomic mass is 9.94. The van der Waals surface area contributed by atoms with E-state index in [-0.39, 0.29) is 30.5 Å². The number of aromatic nitrogens is 4. The summed E-state index contributed by atoms with van der Waals surface area (Å²) in [5.74, 6) is -0.933. The van der Waals surface area contributed by atoms with Crippen molar-refractivity contribution in [1.29, 1.82) is 0 Å². The van der Waals surface area contributed by atoms with E-state index in [1.54, 1.807) is 10.9 Å². The Morgan fingerprint density at radius 3 is 2.86 bits per heavy atom. The van der Waals surface area contributed by atoms with Crippen LogP contribution in [0.5, 0.6) is 0 Å². The lowest BCUT2D eigenvalue weighted by Crippen LogP contribution is -2.14. The molecule has 2 aromatic heterocycles. The van der Waals surface area contributed by atoms with Gasteiger partial charge in [0.25, 0.3) is 0 Å². The number of hydrogen-bond donors (Lipinski definition) is 3. The second kappa shape index (κ2) is 6.93. The zero-order valence-corrected chi connectivity index (χ0v) is 12.8. The molecule has 9 heteroatoms. The molecule has 1 aliphatic rings. The number of nitrogens with one attached hydrogen (secondary N) is 1. The van der Waals surface area contributed by atoms with Gasteiger partial charge in [0.2, 0.25) is 0 Å². The third-order valence-electron chi connectivity index (χ3n) is 3.43. The molecule has 0 saturated carbocycles. The van der Waals surface area contributed by atoms with Crippen LogP contribution >= 0.6 is 24.8 Å². The zero-order valence-electron chi connectivity index (χ0n) is 11.2. The Kier molecular flexibility index (Phi) is 5.77. The summed E-state index contributed by atoms with van der Waals surface area (Å²) in [6.07, 6.45) is 3.86. The third-order valence-corrected chi connectivity index (χ3v) is 3.43. The van der Waals surface area contributed by atoms with Gasteiger partial charge >= 0.3 is 5.97 Å². The van der Waals surface area contributed by atoms with Crippen LogP contribution in [0, 0.1) is 0 Å². The molecule has 2 heterocycles. The fraction of sp³-hybridized carbons (Fsp3) is 0.417. The topological polar surface area (TPSA) is 110 Å². The van der Waals surface area contributed by atoms with Crippen LogP contribution in [0.1, 0.15) is 28.2 Å². The van der Waals surface area contributed by atoms with Gasteiger partial charge in [-0.15, -0.1) is 24.8 Å². The fourth-order valence-corrected chi connectivity index (χ4v) is 2.55. The van der Waals surface area contributed by atoms with Gasteiger partial charge < -0.3 is 10.8 Å². The smallest absolute Gasteiger partial charge is 0.354 e. The largest absolute Gasteiger partial charge is 0.477 e. The predicted molar refractivity (Wildman–Crippen MR) is 82.3 cm³/mol. The molecule has 7 nitrogen and oxygen atoms in total. The Balaban J connectivity index is 0.00000110. The molecular formula is C12H17Cl2N5O2. The summed E-state index contributed by atoms with van der Waals surface area (Å²) < 4.78 is 1.56. The standard InChI is InChI=1S/C12H15N5O2.2ClH/c13-4-1-5-17-11(12(18)19)7-2-3-9-8(6-14-15-9)10(7)16-17;;/h6H,1-5,13H2,(H,14,15)(H,18,19);2*1H. The molecule has 2 aromatic rings. The maximum absolute atomic E-state index is 11.5. The van der Waals surface area contributed by atoms with E-state index in [1.807, 2.05) is 0 Å². The van der Waals surface area contributed by atoms with Crippen molar-refractivity contribution < 1.29 is 9.90 Å². The van der Waals surface area contributed by atoms with Crippen molar-refractivity contribution in [3.63, 3.8) is 0 Å². The summed E-state index contributed by atoms with van der Waals surface area (Å²) in [5, 5.41) is 20.8. The molecule has 0 bridgehead atoms. The summed E-state index contributed by atoms with van der Waals surface area (Å²) in [6.45, 7) is 1.04. The molecule has 21 heavy (non-hydrogen) atoms. The van der Waals surface area contributed by atoms with Crippen molar-refractivity contribution in [2.75, 3.05) is 6.54 Å². The summed E-state index contributed by atoms with van der Waals surface area (Å²) in [7, 11) is 0. The van der Waals surface area contributed by atoms with Crippen molar-refractivity contribution >= 4 is 30.8 Å². The number of carboxylic acids is 1. The molecule has 0 aliphatic heterocycles. The molecule has 3 rings (SSSR count). The number of nitrogens with two attached hydrogens (primary N) is 1. The van der Waals surface area contributed by atoms with Gasteiger partial charge in [-0.1, -0.05) is 0 Å². The van der Waals surface area contributed by atoms with E-state index < -0.39 is 5.97 Å². The molecule has 0 spiro atoms. The van der Waals surface area contributed by atoms with Crippen LogP contribution in [0.4, 0.5) is 0 Å². The van der Waals surface area contributed by atoms with Crippen LogP contribution in [0.2, 0.25) is 0 Å². The van der Waals surface area contributed by atoms with E-state index in [0.29, 0.717) is 25.9 Å². The normalized spacial score (nSPS) is 11.9. The van der Waals surface area contributed by atoms with Crippen LogP contribution in [0.3, 0.4) is 0 Å². The number of rotatable bonds is 4. The molecule has 116 valence electrons. The molecule has 0 radical (unpaired) electrons. The quantitative estimate of drug-likeness (QED) is 0.780. The lowest BCUT2D eigenvalue weighted by molar-refractivity contribution is 0.0681. The van der Waals surface area contributed by atoms with E-state index in [1.165, 1.54) is 0 Å². The first kappa shape index (κ1) is 17.5. The number of carbonyl (C=O) groups is 1. The highest BCUT2D eigenvalue weighted by molar-refractivity contribution is 5.90. The minimum atomic E-state index is -0.933. The predicted octanol–water partition coefficient (Wildman–Crippen LogP) is 1.26.